The molecule has 0 atom stereocenters. The zero-order valence-corrected chi connectivity index (χ0v) is 11.1. The summed E-state index contributed by atoms with van der Waals surface area (Å²) >= 11 is 0. The predicted octanol–water partition coefficient (Wildman–Crippen LogP) is 1.91. The second kappa shape index (κ2) is 7.25. The highest BCUT2D eigenvalue weighted by molar-refractivity contribution is 5.32. The monoisotopic (exact) mass is 238 g/mol. The van der Waals surface area contributed by atoms with Crippen LogP contribution in [0, 0.1) is 6.92 Å². The highest BCUT2D eigenvalue weighted by Crippen LogP contribution is 2.18. The number of hydrogen-bond donors (Lipinski definition) is 1. The van der Waals surface area contributed by atoms with Gasteiger partial charge in [0.2, 0.25) is 0 Å². The van der Waals surface area contributed by atoms with Gasteiger partial charge in [0.1, 0.15) is 12.4 Å². The average Bonchev–Trinajstić information content (AvgIpc) is 2.28. The topological polar surface area (TPSA) is 43.4 Å². The van der Waals surface area contributed by atoms with Crippen LogP contribution in [0.4, 0.5) is 0 Å². The van der Waals surface area contributed by atoms with Crippen LogP contribution in [0.25, 0.3) is 0 Å². The summed E-state index contributed by atoms with van der Waals surface area (Å²) in [7, 11) is 1.67. The molecule has 17 heavy (non-hydrogen) atoms. The lowest BCUT2D eigenvalue weighted by molar-refractivity contribution is 0.145. The fraction of sp³-hybridized carbons (Fsp3) is 0.615. The van der Waals surface area contributed by atoms with E-state index in [0.717, 1.165) is 23.6 Å². The van der Waals surface area contributed by atoms with E-state index in [9.17, 15) is 0 Å². The number of rotatable bonds is 7. The Morgan fingerprint density at radius 2 is 2.12 bits per heavy atom. The van der Waals surface area contributed by atoms with Gasteiger partial charge in [0, 0.05) is 43.2 Å². The molecule has 1 aromatic heterocycles. The number of ether oxygens (including phenoxy) is 2. The number of hydrogen-bond acceptors (Lipinski definition) is 4. The minimum absolute atomic E-state index is 0.447. The first-order valence-corrected chi connectivity index (χ1v) is 5.94. The molecule has 4 heteroatoms. The van der Waals surface area contributed by atoms with Crippen LogP contribution in [-0.4, -0.2) is 31.3 Å². The van der Waals surface area contributed by atoms with Crippen molar-refractivity contribution >= 4 is 0 Å². The molecule has 0 radical (unpaired) electrons. The second-order valence-electron chi connectivity index (χ2n) is 4.31. The first-order chi connectivity index (χ1) is 8.13. The van der Waals surface area contributed by atoms with E-state index in [0.29, 0.717) is 19.3 Å². The third-order valence-electron chi connectivity index (χ3n) is 2.33. The van der Waals surface area contributed by atoms with E-state index >= 15 is 0 Å². The molecule has 0 aromatic carbocycles. The Morgan fingerprint density at radius 1 is 1.35 bits per heavy atom. The summed E-state index contributed by atoms with van der Waals surface area (Å²) in [5, 5.41) is 3.36. The van der Waals surface area contributed by atoms with Crippen molar-refractivity contribution in [2.24, 2.45) is 0 Å². The van der Waals surface area contributed by atoms with Gasteiger partial charge in [-0.1, -0.05) is 13.8 Å². The third kappa shape index (κ3) is 5.15. The van der Waals surface area contributed by atoms with E-state index in [1.807, 2.05) is 19.2 Å². The van der Waals surface area contributed by atoms with Crippen molar-refractivity contribution in [3.63, 3.8) is 0 Å². The highest BCUT2D eigenvalue weighted by Gasteiger charge is 2.05. The predicted molar refractivity (Wildman–Crippen MR) is 68.3 cm³/mol. The van der Waals surface area contributed by atoms with E-state index < -0.39 is 0 Å². The van der Waals surface area contributed by atoms with Crippen molar-refractivity contribution in [3.05, 3.63) is 23.5 Å². The maximum absolute atomic E-state index is 5.69. The molecule has 0 amide bonds. The summed E-state index contributed by atoms with van der Waals surface area (Å²) in [4.78, 5) is 4.29. The summed E-state index contributed by atoms with van der Waals surface area (Å²) in [6.45, 7) is 8.13. The Hall–Kier alpha value is -1.13. The normalized spacial score (nSPS) is 10.9. The SMILES string of the molecule is COCCOc1cc(C)ncc1CNC(C)C. The van der Waals surface area contributed by atoms with Gasteiger partial charge in [-0.25, -0.2) is 0 Å². The molecule has 0 aliphatic heterocycles. The molecule has 1 N–H and O–H groups in total. The number of aryl methyl sites for hydroxylation is 1. The van der Waals surface area contributed by atoms with Gasteiger partial charge in [0.25, 0.3) is 0 Å². The van der Waals surface area contributed by atoms with Gasteiger partial charge in [0.05, 0.1) is 6.61 Å². The van der Waals surface area contributed by atoms with E-state index in [-0.39, 0.29) is 0 Å². The van der Waals surface area contributed by atoms with Crippen molar-refractivity contribution < 1.29 is 9.47 Å². The van der Waals surface area contributed by atoms with E-state index in [4.69, 9.17) is 9.47 Å². The van der Waals surface area contributed by atoms with Gasteiger partial charge >= 0.3 is 0 Å². The molecule has 0 spiro atoms. The molecule has 0 bridgehead atoms. The highest BCUT2D eigenvalue weighted by atomic mass is 16.5. The van der Waals surface area contributed by atoms with Gasteiger partial charge in [-0.3, -0.25) is 4.98 Å². The molecule has 4 nitrogen and oxygen atoms in total. The minimum Gasteiger partial charge on any atom is -0.491 e. The molecular formula is C13H22N2O2. The van der Waals surface area contributed by atoms with Crippen molar-refractivity contribution in [3.8, 4) is 5.75 Å². The molecule has 1 heterocycles. The molecule has 1 rings (SSSR count). The number of pyridine rings is 1. The first kappa shape index (κ1) is 13.9. The standard InChI is InChI=1S/C13H22N2O2/c1-10(2)14-8-12-9-15-11(3)7-13(12)17-6-5-16-4/h7,9-10,14H,5-6,8H2,1-4H3. The van der Waals surface area contributed by atoms with Gasteiger partial charge in [0.15, 0.2) is 0 Å². The van der Waals surface area contributed by atoms with Crippen molar-refractivity contribution in [2.45, 2.75) is 33.4 Å². The van der Waals surface area contributed by atoms with Crippen LogP contribution < -0.4 is 10.1 Å². The summed E-state index contributed by atoms with van der Waals surface area (Å²) in [5.74, 6) is 0.891. The summed E-state index contributed by atoms with van der Waals surface area (Å²) < 4.78 is 10.7. The van der Waals surface area contributed by atoms with Crippen molar-refractivity contribution in [1.82, 2.24) is 10.3 Å². The van der Waals surface area contributed by atoms with Gasteiger partial charge in [-0.15, -0.1) is 0 Å². The fourth-order valence-corrected chi connectivity index (χ4v) is 1.38. The molecule has 1 aromatic rings. The Labute approximate surface area is 103 Å². The van der Waals surface area contributed by atoms with Crippen molar-refractivity contribution in [1.29, 1.82) is 0 Å². The smallest absolute Gasteiger partial charge is 0.127 e. The van der Waals surface area contributed by atoms with E-state index in [2.05, 4.69) is 24.1 Å². The fourth-order valence-electron chi connectivity index (χ4n) is 1.38. The Bertz CT molecular complexity index is 340. The molecule has 0 fully saturated rings. The first-order valence-electron chi connectivity index (χ1n) is 5.94. The van der Waals surface area contributed by atoms with Gasteiger partial charge in [-0.05, 0) is 6.92 Å². The second-order valence-corrected chi connectivity index (χ2v) is 4.31. The number of aromatic nitrogens is 1. The molecule has 0 aliphatic carbocycles. The Morgan fingerprint density at radius 3 is 2.76 bits per heavy atom. The molecule has 96 valence electrons. The third-order valence-corrected chi connectivity index (χ3v) is 2.33. The van der Waals surface area contributed by atoms with Crippen LogP contribution in [0.1, 0.15) is 25.1 Å². The van der Waals surface area contributed by atoms with Gasteiger partial charge in [-0.2, -0.15) is 0 Å². The Kier molecular flexibility index (Phi) is 5.94. The quantitative estimate of drug-likeness (QED) is 0.737. The summed E-state index contributed by atoms with van der Waals surface area (Å²) in [6.07, 6.45) is 1.87. The number of methoxy groups -OCH3 is 1. The molecule has 0 unspecified atom stereocenters. The number of nitrogens with zero attached hydrogens (tertiary/aromatic N) is 1. The zero-order chi connectivity index (χ0) is 12.7. The molecular weight excluding hydrogens is 216 g/mol. The molecule has 0 aliphatic rings. The average molecular weight is 238 g/mol. The van der Waals surface area contributed by atoms with Gasteiger partial charge < -0.3 is 14.8 Å². The van der Waals surface area contributed by atoms with Crippen LogP contribution >= 0.6 is 0 Å². The Balaban J connectivity index is 2.66. The lowest BCUT2D eigenvalue weighted by Crippen LogP contribution is -2.22. The zero-order valence-electron chi connectivity index (χ0n) is 11.1. The van der Waals surface area contributed by atoms with Crippen LogP contribution in [-0.2, 0) is 11.3 Å². The van der Waals surface area contributed by atoms with E-state index in [1.54, 1.807) is 7.11 Å². The maximum atomic E-state index is 5.69. The van der Waals surface area contributed by atoms with E-state index in [1.165, 1.54) is 0 Å². The van der Waals surface area contributed by atoms with Crippen molar-refractivity contribution in [2.75, 3.05) is 20.3 Å². The van der Waals surface area contributed by atoms with Crippen LogP contribution in [0.5, 0.6) is 5.75 Å². The van der Waals surface area contributed by atoms with Crippen LogP contribution in [0.2, 0.25) is 0 Å². The maximum Gasteiger partial charge on any atom is 0.127 e. The largest absolute Gasteiger partial charge is 0.491 e. The number of nitrogens with one attached hydrogen (secondary N) is 1. The molecule has 0 saturated heterocycles. The lowest BCUT2D eigenvalue weighted by Gasteiger charge is -2.13. The lowest BCUT2D eigenvalue weighted by atomic mass is 10.2. The molecule has 0 saturated carbocycles. The van der Waals surface area contributed by atoms with Crippen LogP contribution in [0.3, 0.4) is 0 Å². The minimum atomic E-state index is 0.447. The van der Waals surface area contributed by atoms with Crippen LogP contribution in [0.15, 0.2) is 12.3 Å². The summed E-state index contributed by atoms with van der Waals surface area (Å²) in [5.41, 5.74) is 2.05. The summed E-state index contributed by atoms with van der Waals surface area (Å²) in [6, 6.07) is 2.41.